The lowest BCUT2D eigenvalue weighted by Crippen LogP contribution is -2.54. The van der Waals surface area contributed by atoms with E-state index in [2.05, 4.69) is 12.6 Å². The molecule has 0 amide bonds. The molecule has 0 saturated carbocycles. The standard InChI is InChI=1S/C11H21NO4S/c1-12(2,3)8-11(16,7-10(15)17)9(14)5-4-6-13/h13,16H,4-8H2,1-3H3. The van der Waals surface area contributed by atoms with E-state index in [1.807, 2.05) is 21.1 Å². The van der Waals surface area contributed by atoms with Gasteiger partial charge in [-0.15, -0.1) is 0 Å². The Labute approximate surface area is 107 Å². The van der Waals surface area contributed by atoms with Gasteiger partial charge in [0.15, 0.2) is 11.4 Å². The van der Waals surface area contributed by atoms with E-state index < -0.39 is 16.5 Å². The average Bonchev–Trinajstić information content (AvgIpc) is 2.09. The molecule has 0 aromatic carbocycles. The van der Waals surface area contributed by atoms with Gasteiger partial charge >= 0.3 is 0 Å². The lowest BCUT2D eigenvalue weighted by atomic mass is 9.91. The lowest BCUT2D eigenvalue weighted by Gasteiger charge is -2.35. The molecule has 2 N–H and O–H groups in total. The van der Waals surface area contributed by atoms with Crippen LogP contribution in [0.4, 0.5) is 0 Å². The Morgan fingerprint density at radius 2 is 1.82 bits per heavy atom. The van der Waals surface area contributed by atoms with Gasteiger partial charge in [-0.2, -0.15) is 0 Å². The summed E-state index contributed by atoms with van der Waals surface area (Å²) in [4.78, 5) is 22.8. The largest absolute Gasteiger partial charge is 0.742 e. The molecule has 0 aliphatic rings. The van der Waals surface area contributed by atoms with Crippen molar-refractivity contribution in [2.75, 3.05) is 34.3 Å². The van der Waals surface area contributed by atoms with Crippen molar-refractivity contribution in [2.45, 2.75) is 24.9 Å². The Morgan fingerprint density at radius 1 is 1.29 bits per heavy atom. The molecule has 6 heteroatoms. The maximum absolute atomic E-state index is 11.9. The fourth-order valence-corrected chi connectivity index (χ4v) is 1.98. The number of Topliss-reactive ketones (excluding diaryl/α,β-unsaturated/α-hetero) is 1. The third-order valence-electron chi connectivity index (χ3n) is 2.25. The molecule has 17 heavy (non-hydrogen) atoms. The van der Waals surface area contributed by atoms with Crippen molar-refractivity contribution in [3.8, 4) is 0 Å². The van der Waals surface area contributed by atoms with Crippen molar-refractivity contribution in [1.29, 1.82) is 0 Å². The summed E-state index contributed by atoms with van der Waals surface area (Å²) in [6.07, 6.45) is -0.0123. The summed E-state index contributed by atoms with van der Waals surface area (Å²) in [5.41, 5.74) is -1.72. The van der Waals surface area contributed by atoms with Crippen LogP contribution in [0.5, 0.6) is 0 Å². The summed E-state index contributed by atoms with van der Waals surface area (Å²) in [5.74, 6) is -0.433. The zero-order valence-corrected chi connectivity index (χ0v) is 11.4. The molecule has 0 aromatic rings. The minimum absolute atomic E-state index is 0.0512. The highest BCUT2D eigenvalue weighted by Gasteiger charge is 2.40. The van der Waals surface area contributed by atoms with E-state index in [0.29, 0.717) is 4.48 Å². The quantitative estimate of drug-likeness (QED) is 0.444. The van der Waals surface area contributed by atoms with Crippen LogP contribution in [0.3, 0.4) is 0 Å². The van der Waals surface area contributed by atoms with E-state index in [1.54, 1.807) is 0 Å². The highest BCUT2D eigenvalue weighted by molar-refractivity contribution is 7.77. The van der Waals surface area contributed by atoms with Gasteiger partial charge in [0.05, 0.1) is 21.1 Å². The summed E-state index contributed by atoms with van der Waals surface area (Å²) >= 11 is 4.44. The van der Waals surface area contributed by atoms with Gasteiger partial charge in [-0.1, -0.05) is 0 Å². The molecule has 0 radical (unpaired) electrons. The number of hydrogen-bond acceptors (Lipinski definition) is 5. The molecule has 0 aliphatic carbocycles. The zero-order chi connectivity index (χ0) is 13.7. The number of likely N-dealkylation sites (N-methyl/N-ethyl adjacent to an activating group) is 1. The molecule has 0 heterocycles. The highest BCUT2D eigenvalue weighted by Crippen LogP contribution is 2.18. The van der Waals surface area contributed by atoms with E-state index in [1.165, 1.54) is 0 Å². The van der Waals surface area contributed by atoms with Crippen molar-refractivity contribution < 1.29 is 24.3 Å². The molecule has 0 aromatic heterocycles. The molecule has 0 spiro atoms. The number of aliphatic hydroxyl groups excluding tert-OH is 1. The van der Waals surface area contributed by atoms with Crippen LogP contribution in [0.2, 0.25) is 0 Å². The third kappa shape index (κ3) is 6.68. The first-order valence-corrected chi connectivity index (χ1v) is 5.88. The number of nitrogens with zero attached hydrogens (tertiary/aromatic N) is 1. The van der Waals surface area contributed by atoms with Crippen LogP contribution in [-0.4, -0.2) is 65.5 Å². The van der Waals surface area contributed by atoms with Gasteiger partial charge in [0.25, 0.3) is 0 Å². The van der Waals surface area contributed by atoms with Crippen LogP contribution < -0.4 is 0 Å². The van der Waals surface area contributed by atoms with Crippen molar-refractivity contribution in [1.82, 2.24) is 0 Å². The molecule has 1 atom stereocenters. The maximum atomic E-state index is 11.9. The molecule has 100 valence electrons. The van der Waals surface area contributed by atoms with Gasteiger partial charge < -0.3 is 32.1 Å². The van der Waals surface area contributed by atoms with Crippen LogP contribution >= 0.6 is 0 Å². The molecule has 0 bridgehead atoms. The fraction of sp³-hybridized carbons (Fsp3) is 0.818. The number of rotatable bonds is 8. The Hall–Kier alpha value is -0.560. The minimum atomic E-state index is -1.72. The predicted molar refractivity (Wildman–Crippen MR) is 66.2 cm³/mol. The van der Waals surface area contributed by atoms with Crippen LogP contribution in [-0.2, 0) is 22.2 Å². The van der Waals surface area contributed by atoms with E-state index in [9.17, 15) is 14.7 Å². The number of ketones is 1. The van der Waals surface area contributed by atoms with E-state index in [0.717, 1.165) is 0 Å². The smallest absolute Gasteiger partial charge is 0.176 e. The van der Waals surface area contributed by atoms with Gasteiger partial charge in [0.2, 0.25) is 0 Å². The van der Waals surface area contributed by atoms with E-state index in [4.69, 9.17) is 5.11 Å². The van der Waals surface area contributed by atoms with Crippen molar-refractivity contribution in [3.05, 3.63) is 0 Å². The number of quaternary nitrogens is 1. The number of carbonyl (C=O) groups is 2. The van der Waals surface area contributed by atoms with Gasteiger partial charge in [-0.3, -0.25) is 4.79 Å². The van der Waals surface area contributed by atoms with Crippen molar-refractivity contribution in [2.24, 2.45) is 0 Å². The molecular weight excluding hydrogens is 242 g/mol. The second-order valence-corrected chi connectivity index (χ2v) is 5.73. The zero-order valence-electron chi connectivity index (χ0n) is 10.6. The first-order valence-electron chi connectivity index (χ1n) is 5.47. The predicted octanol–water partition coefficient (Wildman–Crippen LogP) is -0.771. The lowest BCUT2D eigenvalue weighted by molar-refractivity contribution is -0.875. The molecular formula is C11H21NO4S. The van der Waals surface area contributed by atoms with Crippen LogP contribution in [0.1, 0.15) is 19.3 Å². The maximum Gasteiger partial charge on any atom is 0.176 e. The molecule has 0 aliphatic heterocycles. The SMILES string of the molecule is C[N+](C)(C)CC(O)(CC(=O)[S-])C(=O)CCCO. The second-order valence-electron chi connectivity index (χ2n) is 5.28. The van der Waals surface area contributed by atoms with Gasteiger partial charge in [-0.25, -0.2) is 0 Å². The summed E-state index contributed by atoms with van der Waals surface area (Å²) in [7, 11) is 5.45. The highest BCUT2D eigenvalue weighted by atomic mass is 32.1. The first-order chi connectivity index (χ1) is 7.60. The van der Waals surface area contributed by atoms with Crippen LogP contribution in [0, 0.1) is 0 Å². The molecule has 1 unspecified atom stereocenters. The van der Waals surface area contributed by atoms with Crippen molar-refractivity contribution in [3.63, 3.8) is 0 Å². The Morgan fingerprint density at radius 3 is 2.18 bits per heavy atom. The van der Waals surface area contributed by atoms with Gasteiger partial charge in [-0.05, 0) is 6.42 Å². The molecule has 0 fully saturated rings. The normalized spacial score (nSPS) is 15.4. The summed E-state index contributed by atoms with van der Waals surface area (Å²) in [5, 5.41) is 18.3. The number of carbonyl (C=O) groups excluding carboxylic acids is 2. The summed E-state index contributed by atoms with van der Waals surface area (Å²) in [6, 6.07) is 0. The second kappa shape index (κ2) is 6.39. The van der Waals surface area contributed by atoms with Crippen molar-refractivity contribution >= 4 is 23.5 Å². The monoisotopic (exact) mass is 263 g/mol. The number of hydrogen-bond donors (Lipinski definition) is 2. The third-order valence-corrected chi connectivity index (χ3v) is 2.40. The molecule has 0 rings (SSSR count). The Kier molecular flexibility index (Phi) is 6.18. The fourth-order valence-electron chi connectivity index (χ4n) is 1.74. The number of aliphatic hydroxyl groups is 2. The first kappa shape index (κ1) is 16.4. The summed E-state index contributed by atoms with van der Waals surface area (Å²) < 4.78 is 0.351. The molecule has 0 saturated heterocycles. The average molecular weight is 263 g/mol. The van der Waals surface area contributed by atoms with Gasteiger partial charge in [0.1, 0.15) is 6.54 Å². The van der Waals surface area contributed by atoms with E-state index in [-0.39, 0.29) is 32.4 Å². The Bertz CT molecular complexity index is 288. The van der Waals surface area contributed by atoms with E-state index >= 15 is 0 Å². The minimum Gasteiger partial charge on any atom is -0.742 e. The molecule has 5 nitrogen and oxygen atoms in total. The van der Waals surface area contributed by atoms with Gasteiger partial charge in [0, 0.05) is 24.6 Å². The topological polar surface area (TPSA) is 74.6 Å². The van der Waals surface area contributed by atoms with Crippen LogP contribution in [0.15, 0.2) is 0 Å². The Balaban J connectivity index is 4.83. The summed E-state index contributed by atoms with van der Waals surface area (Å²) in [6.45, 7) is 0.00760. The van der Waals surface area contributed by atoms with Crippen LogP contribution in [0.25, 0.3) is 0 Å².